The van der Waals surface area contributed by atoms with E-state index in [1.54, 1.807) is 66.7 Å². The maximum Gasteiger partial charge on any atom is 0.266 e. The van der Waals surface area contributed by atoms with Crippen molar-refractivity contribution in [2.24, 2.45) is 0 Å². The number of anilines is 1. The Hall–Kier alpha value is -2.51. The molecular weight excluding hydrogens is 477 g/mol. The molecule has 0 bridgehead atoms. The van der Waals surface area contributed by atoms with Crippen LogP contribution < -0.4 is 10.9 Å². The molecule has 3 aromatic carbocycles. The number of hydrogen-bond donors (Lipinski definition) is 1. The average molecular weight is 491 g/mol. The normalized spacial score (nSPS) is 10.9. The largest absolute Gasteiger partial charge is 0.324 e. The molecule has 1 aromatic heterocycles. The predicted octanol–water partition coefficient (Wildman–Crippen LogP) is 6.08. The number of aromatic nitrogens is 2. The molecule has 0 fully saturated rings. The Labute approximate surface area is 197 Å². The van der Waals surface area contributed by atoms with Gasteiger partial charge in [-0.05, 0) is 42.5 Å². The summed E-state index contributed by atoms with van der Waals surface area (Å²) in [5.41, 5.74) is 1.18. The van der Waals surface area contributed by atoms with Gasteiger partial charge in [0.15, 0.2) is 5.16 Å². The summed E-state index contributed by atoms with van der Waals surface area (Å²) in [5.74, 6) is -0.319. The van der Waals surface area contributed by atoms with Crippen LogP contribution in [0.5, 0.6) is 0 Å². The van der Waals surface area contributed by atoms with Crippen molar-refractivity contribution in [3.05, 3.63) is 92.2 Å². The van der Waals surface area contributed by atoms with Crippen LogP contribution in [0.2, 0.25) is 15.1 Å². The summed E-state index contributed by atoms with van der Waals surface area (Å²) in [6.07, 6.45) is 0. The summed E-state index contributed by atoms with van der Waals surface area (Å²) < 4.78 is 1.43. The third kappa shape index (κ3) is 4.72. The summed E-state index contributed by atoms with van der Waals surface area (Å²) in [4.78, 5) is 30.4. The van der Waals surface area contributed by atoms with E-state index in [4.69, 9.17) is 34.8 Å². The van der Waals surface area contributed by atoms with Crippen LogP contribution in [0, 0.1) is 0 Å². The molecule has 1 N–H and O–H groups in total. The first-order chi connectivity index (χ1) is 14.9. The van der Waals surface area contributed by atoms with E-state index in [0.717, 1.165) is 11.8 Å². The van der Waals surface area contributed by atoms with Crippen molar-refractivity contribution in [2.75, 3.05) is 11.1 Å². The Morgan fingerprint density at radius 3 is 2.52 bits per heavy atom. The number of hydrogen-bond acceptors (Lipinski definition) is 4. The third-order valence-corrected chi connectivity index (χ3v) is 6.20. The highest BCUT2D eigenvalue weighted by atomic mass is 35.5. The van der Waals surface area contributed by atoms with Crippen molar-refractivity contribution in [1.29, 1.82) is 0 Å². The fourth-order valence-corrected chi connectivity index (χ4v) is 4.33. The van der Waals surface area contributed by atoms with Crippen LogP contribution in [0.15, 0.2) is 76.7 Å². The van der Waals surface area contributed by atoms with Gasteiger partial charge in [-0.1, -0.05) is 70.8 Å². The van der Waals surface area contributed by atoms with Crippen molar-refractivity contribution in [2.45, 2.75) is 5.16 Å². The number of carbonyl (C=O) groups is 1. The van der Waals surface area contributed by atoms with Gasteiger partial charge in [0.05, 0.1) is 38.1 Å². The van der Waals surface area contributed by atoms with Gasteiger partial charge in [-0.25, -0.2) is 4.98 Å². The number of halogens is 3. The van der Waals surface area contributed by atoms with Gasteiger partial charge in [0.2, 0.25) is 5.91 Å². The van der Waals surface area contributed by atoms with Crippen molar-refractivity contribution < 1.29 is 4.79 Å². The molecule has 1 heterocycles. The molecule has 5 nitrogen and oxygen atoms in total. The van der Waals surface area contributed by atoms with Crippen LogP contribution in [-0.2, 0) is 4.79 Å². The molecule has 0 spiro atoms. The van der Waals surface area contributed by atoms with Gasteiger partial charge in [0.25, 0.3) is 5.56 Å². The van der Waals surface area contributed by atoms with Gasteiger partial charge < -0.3 is 5.32 Å². The van der Waals surface area contributed by atoms with E-state index in [1.165, 1.54) is 4.57 Å². The zero-order valence-electron chi connectivity index (χ0n) is 15.8. The average Bonchev–Trinajstić information content (AvgIpc) is 2.76. The number of rotatable bonds is 5. The van der Waals surface area contributed by atoms with Crippen LogP contribution in [0.4, 0.5) is 5.69 Å². The number of thioether (sulfide) groups is 1. The standard InChI is InChI=1S/C22H14Cl3N3O2S/c23-13-9-10-15(24)18(11-13)26-20(29)12-31-22-27-17-7-3-1-5-14(17)21(30)28(22)19-8-4-2-6-16(19)25/h1-11H,12H2,(H,26,29). The monoisotopic (exact) mass is 489 g/mol. The summed E-state index contributed by atoms with van der Waals surface area (Å²) in [7, 11) is 0. The van der Waals surface area contributed by atoms with E-state index in [1.807, 2.05) is 0 Å². The first-order valence-corrected chi connectivity index (χ1v) is 11.2. The lowest BCUT2D eigenvalue weighted by atomic mass is 10.2. The number of fused-ring (bicyclic) bond motifs is 1. The Kier molecular flexibility index (Phi) is 6.53. The summed E-state index contributed by atoms with van der Waals surface area (Å²) in [6, 6.07) is 18.8. The number of amides is 1. The minimum Gasteiger partial charge on any atom is -0.324 e. The Morgan fingerprint density at radius 1 is 0.968 bits per heavy atom. The fraction of sp³-hybridized carbons (Fsp3) is 0.0455. The van der Waals surface area contributed by atoms with E-state index in [2.05, 4.69) is 10.3 Å². The van der Waals surface area contributed by atoms with Gasteiger partial charge in [0.1, 0.15) is 0 Å². The van der Waals surface area contributed by atoms with Gasteiger partial charge in [-0.2, -0.15) is 0 Å². The molecule has 0 aliphatic carbocycles. The topological polar surface area (TPSA) is 64.0 Å². The zero-order chi connectivity index (χ0) is 22.0. The molecule has 9 heteroatoms. The molecule has 4 aromatic rings. The summed E-state index contributed by atoms with van der Waals surface area (Å²) in [6.45, 7) is 0. The van der Waals surface area contributed by atoms with E-state index >= 15 is 0 Å². The molecule has 1 amide bonds. The Morgan fingerprint density at radius 2 is 1.71 bits per heavy atom. The highest BCUT2D eigenvalue weighted by Crippen LogP contribution is 2.28. The predicted molar refractivity (Wildman–Crippen MR) is 128 cm³/mol. The van der Waals surface area contributed by atoms with E-state index in [-0.39, 0.29) is 17.2 Å². The number of carbonyl (C=O) groups excluding carboxylic acids is 1. The molecule has 156 valence electrons. The van der Waals surface area contributed by atoms with E-state index in [0.29, 0.717) is 42.5 Å². The fourth-order valence-electron chi connectivity index (χ4n) is 2.96. The third-order valence-electron chi connectivity index (χ3n) is 4.37. The lowest BCUT2D eigenvalue weighted by Gasteiger charge is -2.14. The molecule has 0 atom stereocenters. The second-order valence-corrected chi connectivity index (χ2v) is 8.66. The molecule has 0 radical (unpaired) electrons. The van der Waals surface area contributed by atoms with Crippen molar-refractivity contribution in [3.63, 3.8) is 0 Å². The highest BCUT2D eigenvalue weighted by Gasteiger charge is 2.17. The Bertz CT molecular complexity index is 1360. The number of nitrogens with zero attached hydrogens (tertiary/aromatic N) is 2. The zero-order valence-corrected chi connectivity index (χ0v) is 18.9. The van der Waals surface area contributed by atoms with Crippen LogP contribution >= 0.6 is 46.6 Å². The maximum absolute atomic E-state index is 13.2. The molecule has 4 rings (SSSR count). The smallest absolute Gasteiger partial charge is 0.266 e. The molecular formula is C22H14Cl3N3O2S. The van der Waals surface area contributed by atoms with E-state index in [9.17, 15) is 9.59 Å². The Balaban J connectivity index is 1.69. The quantitative estimate of drug-likeness (QED) is 0.272. The van der Waals surface area contributed by atoms with Crippen molar-refractivity contribution in [1.82, 2.24) is 9.55 Å². The molecule has 0 saturated heterocycles. The van der Waals surface area contributed by atoms with Gasteiger partial charge in [0, 0.05) is 5.02 Å². The molecule has 0 aliphatic rings. The highest BCUT2D eigenvalue weighted by molar-refractivity contribution is 7.99. The maximum atomic E-state index is 13.2. The minimum absolute atomic E-state index is 0.00191. The number of para-hydroxylation sites is 2. The van der Waals surface area contributed by atoms with Gasteiger partial charge in [-0.3, -0.25) is 14.2 Å². The lowest BCUT2D eigenvalue weighted by Crippen LogP contribution is -2.23. The van der Waals surface area contributed by atoms with E-state index < -0.39 is 0 Å². The molecule has 31 heavy (non-hydrogen) atoms. The van der Waals surface area contributed by atoms with Gasteiger partial charge >= 0.3 is 0 Å². The first-order valence-electron chi connectivity index (χ1n) is 9.08. The lowest BCUT2D eigenvalue weighted by molar-refractivity contribution is -0.113. The van der Waals surface area contributed by atoms with Crippen molar-refractivity contribution in [3.8, 4) is 5.69 Å². The van der Waals surface area contributed by atoms with Crippen LogP contribution in [0.3, 0.4) is 0 Å². The summed E-state index contributed by atoms with van der Waals surface area (Å²) >= 11 is 19.6. The van der Waals surface area contributed by atoms with Crippen LogP contribution in [0.25, 0.3) is 16.6 Å². The number of nitrogens with one attached hydrogen (secondary N) is 1. The second kappa shape index (κ2) is 9.32. The molecule has 0 aliphatic heterocycles. The van der Waals surface area contributed by atoms with Gasteiger partial charge in [-0.15, -0.1) is 0 Å². The summed E-state index contributed by atoms with van der Waals surface area (Å²) in [5, 5.41) is 4.77. The first kappa shape index (κ1) is 21.7. The molecule has 0 unspecified atom stereocenters. The minimum atomic E-state index is -0.317. The SMILES string of the molecule is O=C(CSc1nc2ccccc2c(=O)n1-c1ccccc1Cl)Nc1cc(Cl)ccc1Cl. The second-order valence-electron chi connectivity index (χ2n) is 6.46. The van der Waals surface area contributed by atoms with Crippen molar-refractivity contribution >= 4 is 69.1 Å². The van der Waals surface area contributed by atoms with Crippen LogP contribution in [0.1, 0.15) is 0 Å². The van der Waals surface area contributed by atoms with Crippen LogP contribution in [-0.4, -0.2) is 21.2 Å². The number of benzene rings is 3. The molecule has 0 saturated carbocycles.